The lowest BCUT2D eigenvalue weighted by molar-refractivity contribution is -0.196. The minimum atomic E-state index is -0.189. The summed E-state index contributed by atoms with van der Waals surface area (Å²) in [7, 11) is 0. The van der Waals surface area contributed by atoms with E-state index < -0.39 is 0 Å². The van der Waals surface area contributed by atoms with Crippen molar-refractivity contribution >= 4 is 11.9 Å². The lowest BCUT2D eigenvalue weighted by Crippen LogP contribution is -2.59. The van der Waals surface area contributed by atoms with E-state index in [1.54, 1.807) is 6.92 Å². The van der Waals surface area contributed by atoms with Crippen LogP contribution in [0.5, 0.6) is 0 Å². The highest BCUT2D eigenvalue weighted by Crippen LogP contribution is 2.69. The zero-order valence-electron chi connectivity index (χ0n) is 26.0. The summed E-state index contributed by atoms with van der Waals surface area (Å²) in [6.45, 7) is 13.8. The molecule has 4 nitrogen and oxygen atoms in total. The van der Waals surface area contributed by atoms with E-state index >= 15 is 0 Å². The summed E-state index contributed by atoms with van der Waals surface area (Å²) < 4.78 is 12.4. The van der Waals surface area contributed by atoms with E-state index in [0.29, 0.717) is 41.1 Å². The highest BCUT2D eigenvalue weighted by Gasteiger charge is 2.65. The molecule has 0 heterocycles. The van der Waals surface area contributed by atoms with Gasteiger partial charge in [0, 0.05) is 12.3 Å². The van der Waals surface area contributed by atoms with Crippen molar-refractivity contribution in [2.45, 2.75) is 124 Å². The molecule has 0 spiro atoms. The van der Waals surface area contributed by atoms with Crippen molar-refractivity contribution in [3.63, 3.8) is 0 Å². The van der Waals surface area contributed by atoms with E-state index in [1.807, 2.05) is 30.3 Å². The van der Waals surface area contributed by atoms with Crippen molar-refractivity contribution in [3.05, 3.63) is 35.9 Å². The lowest BCUT2D eigenvalue weighted by atomic mass is 9.43. The molecule has 4 saturated carbocycles. The van der Waals surface area contributed by atoms with E-state index in [0.717, 1.165) is 31.6 Å². The molecule has 222 valence electrons. The van der Waals surface area contributed by atoms with Crippen LogP contribution in [-0.4, -0.2) is 24.1 Å². The summed E-state index contributed by atoms with van der Waals surface area (Å²) in [5.41, 5.74) is 0.944. The second-order valence-electron chi connectivity index (χ2n) is 15.0. The molecule has 4 fully saturated rings. The molecule has 0 aromatic heterocycles. The Bertz CT molecular complexity index is 1030. The quantitative estimate of drug-likeness (QED) is 0.303. The van der Waals surface area contributed by atoms with E-state index in [2.05, 4.69) is 34.6 Å². The summed E-state index contributed by atoms with van der Waals surface area (Å²) in [6, 6.07) is 9.40. The Labute approximate surface area is 243 Å². The van der Waals surface area contributed by atoms with Gasteiger partial charge >= 0.3 is 11.9 Å². The number of hydrogen-bond acceptors (Lipinski definition) is 4. The Kier molecular flexibility index (Phi) is 8.75. The summed E-state index contributed by atoms with van der Waals surface area (Å²) in [5, 5.41) is 0. The molecule has 5 rings (SSSR count). The summed E-state index contributed by atoms with van der Waals surface area (Å²) in [6.07, 6.45) is 13.0. The lowest BCUT2D eigenvalue weighted by Gasteiger charge is -2.62. The third-order valence-corrected chi connectivity index (χ3v) is 12.5. The third-order valence-electron chi connectivity index (χ3n) is 12.5. The fourth-order valence-corrected chi connectivity index (χ4v) is 10.4. The van der Waals surface area contributed by atoms with Gasteiger partial charge in [0.1, 0.15) is 12.2 Å². The van der Waals surface area contributed by atoms with Gasteiger partial charge in [0.05, 0.1) is 5.56 Å². The minimum Gasteiger partial charge on any atom is -0.462 e. The normalized spacial score (nSPS) is 39.5. The van der Waals surface area contributed by atoms with E-state index in [1.165, 1.54) is 44.9 Å². The number of carbonyl (C=O) groups excluding carboxylic acids is 2. The van der Waals surface area contributed by atoms with Crippen LogP contribution in [0.15, 0.2) is 30.3 Å². The van der Waals surface area contributed by atoms with Gasteiger partial charge < -0.3 is 9.47 Å². The topological polar surface area (TPSA) is 52.6 Å². The first-order valence-electron chi connectivity index (χ1n) is 16.5. The molecule has 1 aromatic carbocycles. The van der Waals surface area contributed by atoms with Gasteiger partial charge in [-0.25, -0.2) is 4.79 Å². The van der Waals surface area contributed by atoms with Crippen LogP contribution in [0.2, 0.25) is 0 Å². The van der Waals surface area contributed by atoms with Gasteiger partial charge in [-0.15, -0.1) is 0 Å². The van der Waals surface area contributed by atoms with Gasteiger partial charge in [-0.3, -0.25) is 4.79 Å². The monoisotopic (exact) mass is 550 g/mol. The van der Waals surface area contributed by atoms with Crippen molar-refractivity contribution in [2.75, 3.05) is 0 Å². The van der Waals surface area contributed by atoms with Gasteiger partial charge in [0.15, 0.2) is 0 Å². The molecule has 0 radical (unpaired) electrons. The third kappa shape index (κ3) is 5.50. The molecule has 0 aliphatic heterocycles. The molecule has 0 N–H and O–H groups in total. The van der Waals surface area contributed by atoms with Gasteiger partial charge in [-0.05, 0) is 110 Å². The molecule has 1 aromatic rings. The zero-order chi connectivity index (χ0) is 28.7. The molecular formula is C36H54O4. The van der Waals surface area contributed by atoms with Crippen molar-refractivity contribution < 1.29 is 19.1 Å². The molecular weight excluding hydrogens is 496 g/mol. The molecule has 4 aliphatic carbocycles. The number of esters is 2. The van der Waals surface area contributed by atoms with E-state index in [9.17, 15) is 9.59 Å². The SMILES string of the molecule is CC(=O)O[C@H]1CC2C(CC[C@H]3C[C@H](OC(=O)c4ccccc4)CC[C@]23C)C2CC[C@H]([C@H](C)CCCC(C)C)[C@]21C. The first-order chi connectivity index (χ1) is 19.0. The molecule has 3 unspecified atom stereocenters. The molecule has 0 saturated heterocycles. The van der Waals surface area contributed by atoms with E-state index in [-0.39, 0.29) is 35.0 Å². The predicted octanol–water partition coefficient (Wildman–Crippen LogP) is 8.87. The maximum absolute atomic E-state index is 12.8. The average molecular weight is 551 g/mol. The number of hydrogen-bond donors (Lipinski definition) is 0. The van der Waals surface area contributed by atoms with Crippen molar-refractivity contribution in [1.82, 2.24) is 0 Å². The summed E-state index contributed by atoms with van der Waals surface area (Å²) in [4.78, 5) is 25.3. The smallest absolute Gasteiger partial charge is 0.338 e. The predicted molar refractivity (Wildman–Crippen MR) is 160 cm³/mol. The Morgan fingerprint density at radius 3 is 2.35 bits per heavy atom. The number of fused-ring (bicyclic) bond motifs is 5. The van der Waals surface area contributed by atoms with Crippen LogP contribution >= 0.6 is 0 Å². The van der Waals surface area contributed by atoms with E-state index in [4.69, 9.17) is 9.47 Å². The Balaban J connectivity index is 1.32. The maximum atomic E-state index is 12.8. The van der Waals surface area contributed by atoms with Crippen LogP contribution in [-0.2, 0) is 14.3 Å². The van der Waals surface area contributed by atoms with Gasteiger partial charge in [0.25, 0.3) is 0 Å². The van der Waals surface area contributed by atoms with Crippen molar-refractivity contribution in [1.29, 1.82) is 0 Å². The highest BCUT2D eigenvalue weighted by molar-refractivity contribution is 5.89. The largest absolute Gasteiger partial charge is 0.462 e. The summed E-state index contributed by atoms with van der Waals surface area (Å²) in [5.74, 6) is 4.25. The molecule has 0 amide bonds. The Morgan fingerprint density at radius 1 is 0.900 bits per heavy atom. The molecule has 4 heteroatoms. The minimum absolute atomic E-state index is 0.00278. The fraction of sp³-hybridized carbons (Fsp3) is 0.778. The standard InChI is InChI=1S/C36H54O4/c1-23(2)11-10-12-24(3)30-17-18-31-29-16-15-27-21-28(40-34(38)26-13-8-7-9-14-26)19-20-35(27,5)32(29)22-33(36(30,31)6)39-25(4)37/h7-9,13-14,23-24,27-33H,10-12,15-22H2,1-6H3/t24-,27+,28-,29?,30-,31?,32?,33+,35+,36-/m1/s1. The Hall–Kier alpha value is -1.84. The highest BCUT2D eigenvalue weighted by atomic mass is 16.5. The zero-order valence-corrected chi connectivity index (χ0v) is 26.0. The van der Waals surface area contributed by atoms with Crippen LogP contribution in [0.4, 0.5) is 0 Å². The first kappa shape index (κ1) is 29.6. The van der Waals surface area contributed by atoms with Crippen LogP contribution < -0.4 is 0 Å². The van der Waals surface area contributed by atoms with Gasteiger partial charge in [0.2, 0.25) is 0 Å². The van der Waals surface area contributed by atoms with Crippen molar-refractivity contribution in [3.8, 4) is 0 Å². The number of ether oxygens (including phenoxy) is 2. The first-order valence-corrected chi connectivity index (χ1v) is 16.5. The molecule has 10 atom stereocenters. The van der Waals surface area contributed by atoms with Crippen LogP contribution in [0.3, 0.4) is 0 Å². The maximum Gasteiger partial charge on any atom is 0.338 e. The second-order valence-corrected chi connectivity index (χ2v) is 15.0. The summed E-state index contributed by atoms with van der Waals surface area (Å²) >= 11 is 0. The fourth-order valence-electron chi connectivity index (χ4n) is 10.4. The van der Waals surface area contributed by atoms with Crippen LogP contribution in [0.1, 0.15) is 123 Å². The molecule has 4 aliphatic rings. The average Bonchev–Trinajstić information content (AvgIpc) is 3.28. The number of carbonyl (C=O) groups is 2. The van der Waals surface area contributed by atoms with Crippen LogP contribution in [0, 0.1) is 52.3 Å². The molecule has 40 heavy (non-hydrogen) atoms. The second kappa shape index (κ2) is 11.8. The van der Waals surface area contributed by atoms with Crippen molar-refractivity contribution in [2.24, 2.45) is 52.3 Å². The number of rotatable bonds is 8. The Morgan fingerprint density at radius 2 is 1.65 bits per heavy atom. The number of benzene rings is 1. The molecule has 0 bridgehead atoms. The van der Waals surface area contributed by atoms with Gasteiger partial charge in [-0.2, -0.15) is 0 Å². The van der Waals surface area contributed by atoms with Crippen LogP contribution in [0.25, 0.3) is 0 Å². The van der Waals surface area contributed by atoms with Gasteiger partial charge in [-0.1, -0.05) is 72.1 Å².